The first kappa shape index (κ1) is 8.96. The molecule has 0 radical (unpaired) electrons. The second-order valence-electron chi connectivity index (χ2n) is 4.61. The molecule has 0 aliphatic carbocycles. The van der Waals surface area contributed by atoms with E-state index in [-0.39, 0.29) is 0 Å². The number of rotatable bonds is 0. The first-order valence-electron chi connectivity index (χ1n) is 5.73. The molecule has 1 aromatic carbocycles. The number of imidazole rings is 1. The van der Waals surface area contributed by atoms with Gasteiger partial charge in [0, 0.05) is 12.5 Å². The fraction of sp³-hybridized carbons (Fsp3) is 0.462. The number of aromatic nitrogens is 2. The van der Waals surface area contributed by atoms with Crippen LogP contribution >= 0.6 is 0 Å². The van der Waals surface area contributed by atoms with Gasteiger partial charge in [0.05, 0.1) is 11.0 Å². The van der Waals surface area contributed by atoms with Crippen LogP contribution in [0.1, 0.15) is 37.1 Å². The van der Waals surface area contributed by atoms with E-state index in [4.69, 9.17) is 4.98 Å². The van der Waals surface area contributed by atoms with Crippen molar-refractivity contribution in [2.45, 2.75) is 39.2 Å². The van der Waals surface area contributed by atoms with Gasteiger partial charge in [0.1, 0.15) is 5.82 Å². The number of nitrogens with zero attached hydrogens (tertiary/aromatic N) is 2. The molecule has 1 aromatic heterocycles. The number of hydrogen-bond donors (Lipinski definition) is 0. The highest BCUT2D eigenvalue weighted by Gasteiger charge is 2.21. The Bertz CT molecular complexity index is 510. The summed E-state index contributed by atoms with van der Waals surface area (Å²) in [4.78, 5) is 4.76. The topological polar surface area (TPSA) is 17.8 Å². The van der Waals surface area contributed by atoms with E-state index in [1.54, 1.807) is 0 Å². The molecule has 0 amide bonds. The fourth-order valence-electron chi connectivity index (χ4n) is 2.67. The number of para-hydroxylation sites is 1. The molecule has 2 aromatic rings. The Hall–Kier alpha value is -1.31. The predicted molar refractivity (Wildman–Crippen MR) is 62.1 cm³/mol. The largest absolute Gasteiger partial charge is 0.328 e. The summed E-state index contributed by atoms with van der Waals surface area (Å²) in [6, 6.07) is 6.40. The van der Waals surface area contributed by atoms with Crippen molar-refractivity contribution >= 4 is 11.0 Å². The lowest BCUT2D eigenvalue weighted by molar-refractivity contribution is 0.471. The van der Waals surface area contributed by atoms with Gasteiger partial charge in [-0.25, -0.2) is 4.98 Å². The van der Waals surface area contributed by atoms with Crippen molar-refractivity contribution in [3.8, 4) is 0 Å². The van der Waals surface area contributed by atoms with Crippen molar-refractivity contribution in [1.29, 1.82) is 0 Å². The molecule has 1 atom stereocenters. The average Bonchev–Trinajstić information content (AvgIpc) is 2.59. The molecule has 2 heteroatoms. The Kier molecular flexibility index (Phi) is 1.84. The second-order valence-corrected chi connectivity index (χ2v) is 4.61. The Morgan fingerprint density at radius 3 is 3.13 bits per heavy atom. The highest BCUT2D eigenvalue weighted by molar-refractivity contribution is 5.79. The van der Waals surface area contributed by atoms with E-state index in [2.05, 4.69) is 36.6 Å². The van der Waals surface area contributed by atoms with Gasteiger partial charge >= 0.3 is 0 Å². The van der Waals surface area contributed by atoms with E-state index in [9.17, 15) is 0 Å². The van der Waals surface area contributed by atoms with E-state index in [0.29, 0.717) is 5.92 Å². The molecule has 3 rings (SSSR count). The van der Waals surface area contributed by atoms with E-state index >= 15 is 0 Å². The van der Waals surface area contributed by atoms with Gasteiger partial charge in [-0.2, -0.15) is 0 Å². The van der Waals surface area contributed by atoms with Gasteiger partial charge in [-0.15, -0.1) is 0 Å². The average molecular weight is 200 g/mol. The summed E-state index contributed by atoms with van der Waals surface area (Å²) < 4.78 is 2.42. The van der Waals surface area contributed by atoms with Crippen LogP contribution < -0.4 is 0 Å². The first-order chi connectivity index (χ1) is 7.27. The Labute approximate surface area is 89.9 Å². The summed E-state index contributed by atoms with van der Waals surface area (Å²) in [6.07, 6.45) is 2.57. The summed E-state index contributed by atoms with van der Waals surface area (Å²) in [5.74, 6) is 1.90. The third-order valence-corrected chi connectivity index (χ3v) is 3.46. The lowest BCUT2D eigenvalue weighted by atomic mass is 10.0. The minimum Gasteiger partial charge on any atom is -0.328 e. The van der Waals surface area contributed by atoms with Crippen LogP contribution in [-0.2, 0) is 6.54 Å². The zero-order valence-electron chi connectivity index (χ0n) is 9.33. The quantitative estimate of drug-likeness (QED) is 0.638. The molecule has 1 aliphatic heterocycles. The van der Waals surface area contributed by atoms with Crippen molar-refractivity contribution in [3.05, 3.63) is 29.6 Å². The Balaban J connectivity index is 2.36. The zero-order valence-corrected chi connectivity index (χ0v) is 9.33. The van der Waals surface area contributed by atoms with E-state index in [1.807, 2.05) is 0 Å². The zero-order chi connectivity index (χ0) is 10.4. The molecule has 15 heavy (non-hydrogen) atoms. The third kappa shape index (κ3) is 1.21. The van der Waals surface area contributed by atoms with Crippen LogP contribution in [0.3, 0.4) is 0 Å². The van der Waals surface area contributed by atoms with Crippen molar-refractivity contribution in [1.82, 2.24) is 9.55 Å². The SMILES string of the molecule is Cc1cccc2nc3n(c12)CCCC3C. The molecule has 2 heterocycles. The van der Waals surface area contributed by atoms with Gasteiger partial charge in [-0.3, -0.25) is 0 Å². The Morgan fingerprint density at radius 1 is 1.40 bits per heavy atom. The molecule has 2 nitrogen and oxygen atoms in total. The highest BCUT2D eigenvalue weighted by Crippen LogP contribution is 2.31. The summed E-state index contributed by atoms with van der Waals surface area (Å²) >= 11 is 0. The van der Waals surface area contributed by atoms with Crippen LogP contribution in [0.25, 0.3) is 11.0 Å². The maximum Gasteiger partial charge on any atom is 0.112 e. The van der Waals surface area contributed by atoms with Gasteiger partial charge in [-0.1, -0.05) is 19.1 Å². The summed E-state index contributed by atoms with van der Waals surface area (Å²) in [6.45, 7) is 5.60. The van der Waals surface area contributed by atoms with Crippen LogP contribution in [0.2, 0.25) is 0 Å². The standard InChI is InChI=1S/C13H16N2/c1-9-5-3-7-11-12(9)15-8-4-6-10(2)13(15)14-11/h3,5,7,10H,4,6,8H2,1-2H3. The molecule has 1 unspecified atom stereocenters. The van der Waals surface area contributed by atoms with Crippen LogP contribution in [-0.4, -0.2) is 9.55 Å². The van der Waals surface area contributed by atoms with E-state index in [1.165, 1.54) is 35.3 Å². The van der Waals surface area contributed by atoms with E-state index in [0.717, 1.165) is 6.54 Å². The first-order valence-corrected chi connectivity index (χ1v) is 5.73. The molecule has 0 saturated carbocycles. The molecule has 78 valence electrons. The molecule has 0 fully saturated rings. The lowest BCUT2D eigenvalue weighted by Gasteiger charge is -2.20. The highest BCUT2D eigenvalue weighted by atomic mass is 15.1. The monoisotopic (exact) mass is 200 g/mol. The van der Waals surface area contributed by atoms with Gasteiger partial charge in [-0.05, 0) is 31.4 Å². The molecular weight excluding hydrogens is 184 g/mol. The summed E-state index contributed by atoms with van der Waals surface area (Å²) in [7, 11) is 0. The van der Waals surface area contributed by atoms with Crippen molar-refractivity contribution in [3.63, 3.8) is 0 Å². The fourth-order valence-corrected chi connectivity index (χ4v) is 2.67. The predicted octanol–water partition coefficient (Wildman–Crippen LogP) is 3.24. The van der Waals surface area contributed by atoms with Gasteiger partial charge < -0.3 is 4.57 Å². The number of aryl methyl sites for hydroxylation is 2. The minimum atomic E-state index is 0.616. The lowest BCUT2D eigenvalue weighted by Crippen LogP contribution is -2.14. The molecular formula is C13H16N2. The second kappa shape index (κ2) is 3.09. The normalized spacial score (nSPS) is 20.5. The molecule has 0 bridgehead atoms. The molecule has 1 aliphatic rings. The van der Waals surface area contributed by atoms with Crippen molar-refractivity contribution in [2.24, 2.45) is 0 Å². The number of fused-ring (bicyclic) bond motifs is 3. The van der Waals surface area contributed by atoms with Crippen molar-refractivity contribution < 1.29 is 0 Å². The van der Waals surface area contributed by atoms with Crippen LogP contribution in [0.4, 0.5) is 0 Å². The van der Waals surface area contributed by atoms with E-state index < -0.39 is 0 Å². The molecule has 0 spiro atoms. The maximum atomic E-state index is 4.76. The number of benzene rings is 1. The van der Waals surface area contributed by atoms with Crippen LogP contribution in [0, 0.1) is 6.92 Å². The van der Waals surface area contributed by atoms with Gasteiger partial charge in [0.2, 0.25) is 0 Å². The van der Waals surface area contributed by atoms with Gasteiger partial charge in [0.15, 0.2) is 0 Å². The molecule has 0 N–H and O–H groups in total. The number of hydrogen-bond acceptors (Lipinski definition) is 1. The maximum absolute atomic E-state index is 4.76. The summed E-state index contributed by atoms with van der Waals surface area (Å²) in [5.41, 5.74) is 3.86. The van der Waals surface area contributed by atoms with Crippen LogP contribution in [0.15, 0.2) is 18.2 Å². The third-order valence-electron chi connectivity index (χ3n) is 3.46. The van der Waals surface area contributed by atoms with Crippen molar-refractivity contribution in [2.75, 3.05) is 0 Å². The minimum absolute atomic E-state index is 0.616. The molecule has 0 saturated heterocycles. The smallest absolute Gasteiger partial charge is 0.112 e. The van der Waals surface area contributed by atoms with Gasteiger partial charge in [0.25, 0.3) is 0 Å². The Morgan fingerprint density at radius 2 is 2.27 bits per heavy atom. The summed E-state index contributed by atoms with van der Waals surface area (Å²) in [5, 5.41) is 0. The van der Waals surface area contributed by atoms with Crippen LogP contribution in [0.5, 0.6) is 0 Å².